The first-order valence-electron chi connectivity index (χ1n) is 9.34. The molecule has 2 heterocycles. The van der Waals surface area contributed by atoms with E-state index in [1.54, 1.807) is 14.2 Å². The molecule has 0 bridgehead atoms. The van der Waals surface area contributed by atoms with Gasteiger partial charge in [-0.15, -0.1) is 10.2 Å². The molecule has 1 saturated heterocycles. The molecule has 0 unspecified atom stereocenters. The number of ether oxygens (including phenoxy) is 3. The summed E-state index contributed by atoms with van der Waals surface area (Å²) in [6.45, 7) is 5.23. The molecule has 0 radical (unpaired) electrons. The standard InChI is InChI=1S/C20H26N4O4/c1-4-28-19-8-7-18(21-22-19)23-9-11-24(12-10-23)20(25)14-15-5-6-16(26-2)17(13-15)27-3/h5-8,13H,4,9-12,14H2,1-3H3. The number of carbonyl (C=O) groups is 1. The summed E-state index contributed by atoms with van der Waals surface area (Å²) < 4.78 is 15.9. The lowest BCUT2D eigenvalue weighted by Crippen LogP contribution is -2.49. The molecular weight excluding hydrogens is 360 g/mol. The molecule has 0 aliphatic carbocycles. The van der Waals surface area contributed by atoms with Crippen molar-refractivity contribution in [2.24, 2.45) is 0 Å². The van der Waals surface area contributed by atoms with Crippen LogP contribution in [0.1, 0.15) is 12.5 Å². The average Bonchev–Trinajstić information content (AvgIpc) is 2.74. The molecule has 0 spiro atoms. The van der Waals surface area contributed by atoms with Crippen molar-refractivity contribution in [1.82, 2.24) is 15.1 Å². The summed E-state index contributed by atoms with van der Waals surface area (Å²) in [5.41, 5.74) is 0.905. The molecule has 150 valence electrons. The van der Waals surface area contributed by atoms with Crippen LogP contribution in [0.3, 0.4) is 0 Å². The van der Waals surface area contributed by atoms with E-state index in [0.29, 0.717) is 43.5 Å². The Balaban J connectivity index is 1.55. The minimum Gasteiger partial charge on any atom is -0.493 e. The van der Waals surface area contributed by atoms with Gasteiger partial charge in [0, 0.05) is 32.2 Å². The van der Waals surface area contributed by atoms with Crippen LogP contribution in [0.25, 0.3) is 0 Å². The average molecular weight is 386 g/mol. The topological polar surface area (TPSA) is 77.0 Å². The van der Waals surface area contributed by atoms with Crippen LogP contribution in [0.5, 0.6) is 17.4 Å². The minimum atomic E-state index is 0.102. The van der Waals surface area contributed by atoms with E-state index in [4.69, 9.17) is 14.2 Å². The van der Waals surface area contributed by atoms with E-state index in [2.05, 4.69) is 15.1 Å². The molecule has 0 saturated carbocycles. The van der Waals surface area contributed by atoms with Crippen molar-refractivity contribution in [1.29, 1.82) is 0 Å². The van der Waals surface area contributed by atoms with Gasteiger partial charge in [-0.3, -0.25) is 4.79 Å². The zero-order valence-electron chi connectivity index (χ0n) is 16.6. The smallest absolute Gasteiger partial charge is 0.233 e. The molecule has 1 aliphatic rings. The second-order valence-electron chi connectivity index (χ2n) is 6.40. The SMILES string of the molecule is CCOc1ccc(N2CCN(C(=O)Cc3ccc(OC)c(OC)c3)CC2)nn1. The van der Waals surface area contributed by atoms with Crippen molar-refractivity contribution in [2.45, 2.75) is 13.3 Å². The highest BCUT2D eigenvalue weighted by Crippen LogP contribution is 2.28. The maximum Gasteiger partial charge on any atom is 0.233 e. The van der Waals surface area contributed by atoms with E-state index in [1.807, 2.05) is 42.2 Å². The fourth-order valence-corrected chi connectivity index (χ4v) is 3.17. The molecule has 1 aromatic heterocycles. The van der Waals surface area contributed by atoms with Crippen molar-refractivity contribution < 1.29 is 19.0 Å². The van der Waals surface area contributed by atoms with Crippen molar-refractivity contribution in [3.8, 4) is 17.4 Å². The van der Waals surface area contributed by atoms with Crippen LogP contribution in [0.2, 0.25) is 0 Å². The van der Waals surface area contributed by atoms with Gasteiger partial charge in [-0.2, -0.15) is 0 Å². The van der Waals surface area contributed by atoms with Crippen LogP contribution in [-0.4, -0.2) is 68.0 Å². The highest BCUT2D eigenvalue weighted by atomic mass is 16.5. The number of methoxy groups -OCH3 is 2. The van der Waals surface area contributed by atoms with Gasteiger partial charge in [0.05, 0.1) is 27.2 Å². The third-order valence-corrected chi connectivity index (χ3v) is 4.68. The fourth-order valence-electron chi connectivity index (χ4n) is 3.17. The molecule has 8 nitrogen and oxygen atoms in total. The van der Waals surface area contributed by atoms with E-state index in [0.717, 1.165) is 24.5 Å². The van der Waals surface area contributed by atoms with Crippen LogP contribution in [0, 0.1) is 0 Å². The summed E-state index contributed by atoms with van der Waals surface area (Å²) >= 11 is 0. The first kappa shape index (κ1) is 19.7. The Morgan fingerprint density at radius 2 is 1.75 bits per heavy atom. The number of hydrogen-bond donors (Lipinski definition) is 0. The molecule has 3 rings (SSSR count). The largest absolute Gasteiger partial charge is 0.493 e. The van der Waals surface area contributed by atoms with Gasteiger partial charge in [0.15, 0.2) is 17.3 Å². The van der Waals surface area contributed by atoms with E-state index in [9.17, 15) is 4.79 Å². The zero-order valence-corrected chi connectivity index (χ0v) is 16.6. The number of aromatic nitrogens is 2. The number of carbonyl (C=O) groups excluding carboxylic acids is 1. The Labute approximate surface area is 165 Å². The molecule has 1 aromatic carbocycles. The van der Waals surface area contributed by atoms with Crippen molar-refractivity contribution in [3.63, 3.8) is 0 Å². The lowest BCUT2D eigenvalue weighted by Gasteiger charge is -2.35. The number of rotatable bonds is 7. The number of anilines is 1. The fraction of sp³-hybridized carbons (Fsp3) is 0.450. The molecule has 1 aliphatic heterocycles. The maximum atomic E-state index is 12.7. The summed E-state index contributed by atoms with van der Waals surface area (Å²) in [6, 6.07) is 9.29. The van der Waals surface area contributed by atoms with Crippen LogP contribution in [0.15, 0.2) is 30.3 Å². The van der Waals surface area contributed by atoms with Crippen LogP contribution in [-0.2, 0) is 11.2 Å². The lowest BCUT2D eigenvalue weighted by atomic mass is 10.1. The van der Waals surface area contributed by atoms with Gasteiger partial charge in [-0.1, -0.05) is 6.07 Å². The van der Waals surface area contributed by atoms with Gasteiger partial charge < -0.3 is 24.0 Å². The van der Waals surface area contributed by atoms with Crippen molar-refractivity contribution >= 4 is 11.7 Å². The van der Waals surface area contributed by atoms with Gasteiger partial charge in [0.1, 0.15) is 0 Å². The van der Waals surface area contributed by atoms with Crippen LogP contribution in [0.4, 0.5) is 5.82 Å². The predicted molar refractivity (Wildman–Crippen MR) is 105 cm³/mol. The quantitative estimate of drug-likeness (QED) is 0.718. The zero-order chi connectivity index (χ0) is 19.9. The highest BCUT2D eigenvalue weighted by molar-refractivity contribution is 5.79. The molecule has 1 fully saturated rings. The van der Waals surface area contributed by atoms with Gasteiger partial charge >= 0.3 is 0 Å². The lowest BCUT2D eigenvalue weighted by molar-refractivity contribution is -0.130. The first-order chi connectivity index (χ1) is 13.6. The van der Waals surface area contributed by atoms with E-state index in [-0.39, 0.29) is 5.91 Å². The molecule has 1 amide bonds. The van der Waals surface area contributed by atoms with Crippen LogP contribution >= 0.6 is 0 Å². The third kappa shape index (κ3) is 4.62. The van der Waals surface area contributed by atoms with Gasteiger partial charge in [0.2, 0.25) is 11.8 Å². The molecule has 2 aromatic rings. The number of piperazine rings is 1. The normalized spacial score (nSPS) is 14.0. The van der Waals surface area contributed by atoms with E-state index < -0.39 is 0 Å². The summed E-state index contributed by atoms with van der Waals surface area (Å²) in [5.74, 6) is 2.71. The Hall–Kier alpha value is -3.03. The first-order valence-corrected chi connectivity index (χ1v) is 9.34. The Kier molecular flexibility index (Phi) is 6.52. The third-order valence-electron chi connectivity index (χ3n) is 4.68. The second kappa shape index (κ2) is 9.25. The Morgan fingerprint density at radius 3 is 2.36 bits per heavy atom. The number of amides is 1. The summed E-state index contributed by atoms with van der Waals surface area (Å²) in [4.78, 5) is 16.7. The molecular formula is C20H26N4O4. The monoisotopic (exact) mass is 386 g/mol. The maximum absolute atomic E-state index is 12.7. The van der Waals surface area contributed by atoms with E-state index in [1.165, 1.54) is 0 Å². The molecule has 8 heteroatoms. The highest BCUT2D eigenvalue weighted by Gasteiger charge is 2.22. The van der Waals surface area contributed by atoms with Gasteiger partial charge in [0.25, 0.3) is 0 Å². The Morgan fingerprint density at radius 1 is 1.00 bits per heavy atom. The summed E-state index contributed by atoms with van der Waals surface area (Å²) in [7, 11) is 3.18. The van der Waals surface area contributed by atoms with E-state index >= 15 is 0 Å². The summed E-state index contributed by atoms with van der Waals surface area (Å²) in [6.07, 6.45) is 0.337. The number of benzene rings is 1. The Bertz CT molecular complexity index is 789. The minimum absolute atomic E-state index is 0.102. The number of hydrogen-bond acceptors (Lipinski definition) is 7. The molecule has 0 N–H and O–H groups in total. The predicted octanol–water partition coefficient (Wildman–Crippen LogP) is 1.78. The molecule has 28 heavy (non-hydrogen) atoms. The summed E-state index contributed by atoms with van der Waals surface area (Å²) in [5, 5.41) is 8.28. The van der Waals surface area contributed by atoms with Crippen LogP contribution < -0.4 is 19.1 Å². The molecule has 0 atom stereocenters. The van der Waals surface area contributed by atoms with Gasteiger partial charge in [-0.25, -0.2) is 0 Å². The van der Waals surface area contributed by atoms with Crippen molar-refractivity contribution in [3.05, 3.63) is 35.9 Å². The van der Waals surface area contributed by atoms with Crippen molar-refractivity contribution in [2.75, 3.05) is 51.9 Å². The van der Waals surface area contributed by atoms with Gasteiger partial charge in [-0.05, 0) is 30.7 Å². The number of nitrogens with zero attached hydrogens (tertiary/aromatic N) is 4. The second-order valence-corrected chi connectivity index (χ2v) is 6.40.